The average Bonchev–Trinajstić information content (AvgIpc) is 2.16. The van der Waals surface area contributed by atoms with Gasteiger partial charge >= 0.3 is 5.97 Å². The van der Waals surface area contributed by atoms with Crippen LogP contribution in [0.1, 0.15) is 40.0 Å². The number of carbonyl (C=O) groups is 1. The van der Waals surface area contributed by atoms with Crippen LogP contribution < -0.4 is 0 Å². The minimum atomic E-state index is -0.0877. The van der Waals surface area contributed by atoms with Crippen molar-refractivity contribution in [2.75, 3.05) is 7.11 Å². The molecule has 0 amide bonds. The third kappa shape index (κ3) is 2.49. The summed E-state index contributed by atoms with van der Waals surface area (Å²) in [4.78, 5) is 11.6. The number of ether oxygens (including phenoxy) is 1. The Hall–Kier alpha value is -0.530. The van der Waals surface area contributed by atoms with Crippen molar-refractivity contribution in [2.24, 2.45) is 17.8 Å². The number of methoxy groups -OCH3 is 1. The van der Waals surface area contributed by atoms with Gasteiger partial charge in [0, 0.05) is 0 Å². The average molecular weight is 197 g/mol. The van der Waals surface area contributed by atoms with Crippen molar-refractivity contribution in [1.29, 1.82) is 0 Å². The van der Waals surface area contributed by atoms with Gasteiger partial charge in [-0.25, -0.2) is 0 Å². The second-order valence-electron chi connectivity index (χ2n) is 4.75. The Morgan fingerprint density at radius 3 is 2.57 bits per heavy atom. The first-order valence-corrected chi connectivity index (χ1v) is 5.50. The van der Waals surface area contributed by atoms with E-state index < -0.39 is 0 Å². The molecule has 1 rings (SSSR count). The Kier molecular flexibility index (Phi) is 3.97. The van der Waals surface area contributed by atoms with Crippen molar-refractivity contribution in [3.63, 3.8) is 0 Å². The van der Waals surface area contributed by atoms with Crippen molar-refractivity contribution in [3.05, 3.63) is 5.92 Å². The van der Waals surface area contributed by atoms with Gasteiger partial charge in [-0.1, -0.05) is 27.2 Å². The Morgan fingerprint density at radius 1 is 1.43 bits per heavy atom. The molecule has 1 saturated carbocycles. The van der Waals surface area contributed by atoms with Crippen LogP contribution in [0.4, 0.5) is 0 Å². The fourth-order valence-corrected chi connectivity index (χ4v) is 2.37. The van der Waals surface area contributed by atoms with Crippen LogP contribution in [-0.2, 0) is 9.53 Å². The quantitative estimate of drug-likeness (QED) is 0.636. The molecular formula is C12H21O2. The lowest BCUT2D eigenvalue weighted by atomic mass is 9.70. The van der Waals surface area contributed by atoms with Crippen LogP contribution in [0.25, 0.3) is 0 Å². The van der Waals surface area contributed by atoms with Crippen molar-refractivity contribution >= 4 is 5.97 Å². The molecule has 1 aliphatic carbocycles. The summed E-state index contributed by atoms with van der Waals surface area (Å²) in [5.74, 6) is 2.56. The maximum Gasteiger partial charge on any atom is 0.313 e. The summed E-state index contributed by atoms with van der Waals surface area (Å²) < 4.78 is 4.84. The Labute approximate surface area is 87.0 Å². The molecule has 0 aromatic heterocycles. The van der Waals surface area contributed by atoms with Crippen LogP contribution in [0.3, 0.4) is 0 Å². The van der Waals surface area contributed by atoms with Gasteiger partial charge in [-0.3, -0.25) is 4.79 Å². The molecule has 0 saturated heterocycles. The Bertz CT molecular complexity index is 198. The molecule has 1 aliphatic rings. The molecule has 1 radical (unpaired) electrons. The van der Waals surface area contributed by atoms with E-state index in [1.165, 1.54) is 13.5 Å². The monoisotopic (exact) mass is 197 g/mol. The van der Waals surface area contributed by atoms with Gasteiger partial charge in [-0.2, -0.15) is 0 Å². The minimum Gasteiger partial charge on any atom is -0.469 e. The van der Waals surface area contributed by atoms with Crippen LogP contribution in [-0.4, -0.2) is 13.1 Å². The zero-order valence-corrected chi connectivity index (χ0v) is 9.67. The van der Waals surface area contributed by atoms with Gasteiger partial charge in [0.1, 0.15) is 0 Å². The van der Waals surface area contributed by atoms with Crippen LogP contribution in [0.5, 0.6) is 0 Å². The molecule has 0 N–H and O–H groups in total. The first kappa shape index (κ1) is 11.5. The van der Waals surface area contributed by atoms with Gasteiger partial charge in [-0.15, -0.1) is 0 Å². The predicted molar refractivity (Wildman–Crippen MR) is 56.6 cm³/mol. The van der Waals surface area contributed by atoms with E-state index >= 15 is 0 Å². The van der Waals surface area contributed by atoms with E-state index in [1.54, 1.807) is 0 Å². The van der Waals surface area contributed by atoms with E-state index in [-0.39, 0.29) is 5.97 Å². The van der Waals surface area contributed by atoms with Gasteiger partial charge in [-0.05, 0) is 30.6 Å². The van der Waals surface area contributed by atoms with Crippen LogP contribution >= 0.6 is 0 Å². The van der Waals surface area contributed by atoms with E-state index in [4.69, 9.17) is 4.74 Å². The minimum absolute atomic E-state index is 0.0877. The molecule has 0 aromatic rings. The molecule has 2 heteroatoms. The highest BCUT2D eigenvalue weighted by Crippen LogP contribution is 2.39. The smallest absolute Gasteiger partial charge is 0.313 e. The molecule has 0 aromatic carbocycles. The number of hydrogen-bond donors (Lipinski definition) is 0. The normalized spacial score (nSPS) is 29.2. The Morgan fingerprint density at radius 2 is 2.07 bits per heavy atom. The number of esters is 1. The van der Waals surface area contributed by atoms with Gasteiger partial charge < -0.3 is 4.74 Å². The summed E-state index contributed by atoms with van der Waals surface area (Å²) in [6, 6.07) is 0. The highest BCUT2D eigenvalue weighted by atomic mass is 16.5. The molecule has 2 unspecified atom stereocenters. The molecule has 0 heterocycles. The number of hydrogen-bond acceptors (Lipinski definition) is 2. The molecule has 2 atom stereocenters. The molecular weight excluding hydrogens is 176 g/mol. The van der Waals surface area contributed by atoms with Gasteiger partial charge in [0.2, 0.25) is 0 Å². The highest BCUT2D eigenvalue weighted by molar-refractivity contribution is 5.85. The van der Waals surface area contributed by atoms with E-state index in [0.717, 1.165) is 18.8 Å². The van der Waals surface area contributed by atoms with Gasteiger partial charge in [0.15, 0.2) is 0 Å². The second-order valence-corrected chi connectivity index (χ2v) is 4.75. The third-order valence-corrected chi connectivity index (χ3v) is 3.24. The SMILES string of the molecule is COC(=O)[C]1CC(C)CCC1C(C)C. The largest absolute Gasteiger partial charge is 0.469 e. The molecule has 0 aliphatic heterocycles. The maximum atomic E-state index is 11.6. The summed E-state index contributed by atoms with van der Waals surface area (Å²) in [5, 5.41) is 0. The fraction of sp³-hybridized carbons (Fsp3) is 0.833. The summed E-state index contributed by atoms with van der Waals surface area (Å²) in [5.41, 5.74) is 0. The molecule has 14 heavy (non-hydrogen) atoms. The first-order valence-electron chi connectivity index (χ1n) is 5.50. The molecule has 0 spiro atoms. The van der Waals surface area contributed by atoms with Gasteiger partial charge in [0.05, 0.1) is 13.0 Å². The van der Waals surface area contributed by atoms with E-state index in [9.17, 15) is 4.79 Å². The number of rotatable bonds is 2. The summed E-state index contributed by atoms with van der Waals surface area (Å²) in [6.07, 6.45) is 3.31. The van der Waals surface area contributed by atoms with Gasteiger partial charge in [0.25, 0.3) is 0 Å². The molecule has 0 bridgehead atoms. The molecule has 1 fully saturated rings. The summed E-state index contributed by atoms with van der Waals surface area (Å²) in [7, 11) is 1.48. The van der Waals surface area contributed by atoms with E-state index in [2.05, 4.69) is 20.8 Å². The topological polar surface area (TPSA) is 26.3 Å². The van der Waals surface area contributed by atoms with Crippen LogP contribution in [0.2, 0.25) is 0 Å². The van der Waals surface area contributed by atoms with Crippen molar-refractivity contribution in [3.8, 4) is 0 Å². The zero-order chi connectivity index (χ0) is 10.7. The van der Waals surface area contributed by atoms with Crippen molar-refractivity contribution < 1.29 is 9.53 Å². The predicted octanol–water partition coefficient (Wildman–Crippen LogP) is 2.83. The lowest BCUT2D eigenvalue weighted by Gasteiger charge is -2.34. The van der Waals surface area contributed by atoms with E-state index in [1.807, 2.05) is 0 Å². The summed E-state index contributed by atoms with van der Waals surface area (Å²) >= 11 is 0. The zero-order valence-electron chi connectivity index (χ0n) is 9.67. The standard InChI is InChI=1S/C12H21O2/c1-8(2)10-6-5-9(3)7-11(10)12(13)14-4/h8-10H,5-7H2,1-4H3. The van der Waals surface area contributed by atoms with E-state index in [0.29, 0.717) is 17.8 Å². The Balaban J connectivity index is 2.68. The van der Waals surface area contributed by atoms with Crippen molar-refractivity contribution in [2.45, 2.75) is 40.0 Å². The lowest BCUT2D eigenvalue weighted by molar-refractivity contribution is -0.140. The first-order chi connectivity index (χ1) is 6.56. The summed E-state index contributed by atoms with van der Waals surface area (Å²) in [6.45, 7) is 6.58. The van der Waals surface area contributed by atoms with Crippen molar-refractivity contribution in [1.82, 2.24) is 0 Å². The highest BCUT2D eigenvalue weighted by Gasteiger charge is 2.36. The molecule has 81 valence electrons. The fourth-order valence-electron chi connectivity index (χ4n) is 2.37. The molecule has 2 nitrogen and oxygen atoms in total. The van der Waals surface area contributed by atoms with Crippen LogP contribution in [0, 0.1) is 23.7 Å². The lowest BCUT2D eigenvalue weighted by Crippen LogP contribution is -2.32. The maximum absolute atomic E-state index is 11.6. The number of carbonyl (C=O) groups excluding carboxylic acids is 1. The van der Waals surface area contributed by atoms with Crippen LogP contribution in [0.15, 0.2) is 0 Å². The third-order valence-electron chi connectivity index (χ3n) is 3.24. The second kappa shape index (κ2) is 4.81.